The minimum Gasteiger partial charge on any atom is -0.316 e. The number of carbonyl (C=O) groups excluding carboxylic acids is 1. The van der Waals surface area contributed by atoms with Crippen LogP contribution in [0.3, 0.4) is 0 Å². The molecule has 1 aromatic carbocycles. The summed E-state index contributed by atoms with van der Waals surface area (Å²) in [4.78, 5) is 17.3. The molecule has 24 heavy (non-hydrogen) atoms. The molecule has 5 heteroatoms. The Kier molecular flexibility index (Phi) is 6.30. The second kappa shape index (κ2) is 8.65. The Balaban J connectivity index is 1.58. The number of ketones is 1. The van der Waals surface area contributed by atoms with E-state index in [1.165, 1.54) is 16.0 Å². The molecule has 2 aromatic rings. The first-order chi connectivity index (χ1) is 11.8. The molecule has 0 saturated heterocycles. The van der Waals surface area contributed by atoms with Gasteiger partial charge in [-0.2, -0.15) is 0 Å². The number of carbonyl (C=O) groups is 1. The fourth-order valence-electron chi connectivity index (χ4n) is 2.95. The number of nitrogens with zero attached hydrogens (tertiary/aromatic N) is 1. The number of benzene rings is 1. The van der Waals surface area contributed by atoms with E-state index in [1.54, 1.807) is 36.3 Å². The number of hydrogen-bond acceptors (Lipinski definition) is 4. The number of rotatable bonds is 6. The fraction of sp³-hybridized carbons (Fsp3) is 0.368. The molecule has 0 bridgehead atoms. The molecule has 0 saturated carbocycles. The van der Waals surface area contributed by atoms with Crippen molar-refractivity contribution in [3.05, 3.63) is 58.4 Å². The van der Waals surface area contributed by atoms with Gasteiger partial charge in [0.05, 0.1) is 5.02 Å². The van der Waals surface area contributed by atoms with Gasteiger partial charge in [0.25, 0.3) is 0 Å². The summed E-state index contributed by atoms with van der Waals surface area (Å²) >= 11 is 8.22. The monoisotopic (exact) mass is 360 g/mol. The summed E-state index contributed by atoms with van der Waals surface area (Å²) in [5.41, 5.74) is 3.53. The first-order valence-corrected chi connectivity index (χ1v) is 9.69. The minimum atomic E-state index is 0.181. The van der Waals surface area contributed by atoms with Crippen molar-refractivity contribution in [3.8, 4) is 0 Å². The maximum atomic E-state index is 12.1. The number of pyridine rings is 1. The lowest BCUT2D eigenvalue weighted by molar-refractivity contribution is 0.0982. The standard InChI is InChI=1S/C19H21ClN2OS/c20-17-4-3-14-5-9-22-12-8-16(14)19(17)24-13-1-2-18(23)15-6-10-21-11-7-15/h3-4,6-7,10-11,22H,1-2,5,8-9,12-13H2. The van der Waals surface area contributed by atoms with Crippen LogP contribution in [0.2, 0.25) is 5.02 Å². The van der Waals surface area contributed by atoms with Crippen LogP contribution in [0.15, 0.2) is 41.6 Å². The predicted molar refractivity (Wildman–Crippen MR) is 100 cm³/mol. The van der Waals surface area contributed by atoms with E-state index in [2.05, 4.69) is 16.4 Å². The van der Waals surface area contributed by atoms with Crippen molar-refractivity contribution in [1.82, 2.24) is 10.3 Å². The van der Waals surface area contributed by atoms with E-state index in [9.17, 15) is 4.79 Å². The Morgan fingerprint density at radius 3 is 2.79 bits per heavy atom. The quantitative estimate of drug-likeness (QED) is 0.476. The molecule has 0 radical (unpaired) electrons. The summed E-state index contributed by atoms with van der Waals surface area (Å²) in [7, 11) is 0. The molecule has 0 fully saturated rings. The maximum Gasteiger partial charge on any atom is 0.163 e. The van der Waals surface area contributed by atoms with Crippen molar-refractivity contribution >= 4 is 29.1 Å². The molecule has 0 amide bonds. The van der Waals surface area contributed by atoms with Crippen LogP contribution < -0.4 is 5.32 Å². The summed E-state index contributed by atoms with van der Waals surface area (Å²) in [6.07, 6.45) is 6.81. The number of hydrogen-bond donors (Lipinski definition) is 1. The van der Waals surface area contributed by atoms with Crippen LogP contribution in [0.25, 0.3) is 0 Å². The third-order valence-electron chi connectivity index (χ3n) is 4.23. The van der Waals surface area contributed by atoms with Crippen LogP contribution in [0.4, 0.5) is 0 Å². The highest BCUT2D eigenvalue weighted by Gasteiger charge is 2.15. The summed E-state index contributed by atoms with van der Waals surface area (Å²) < 4.78 is 0. The minimum absolute atomic E-state index is 0.181. The predicted octanol–water partition coefficient (Wildman–Crippen LogP) is 4.18. The summed E-state index contributed by atoms with van der Waals surface area (Å²) in [5, 5.41) is 4.27. The molecule has 1 N–H and O–H groups in total. The molecule has 3 rings (SSSR count). The third kappa shape index (κ3) is 4.38. The van der Waals surface area contributed by atoms with E-state index in [1.807, 2.05) is 6.07 Å². The Bertz CT molecular complexity index is 706. The summed E-state index contributed by atoms with van der Waals surface area (Å²) in [5.74, 6) is 1.08. The molecule has 1 aliphatic rings. The van der Waals surface area contributed by atoms with Gasteiger partial charge < -0.3 is 5.32 Å². The van der Waals surface area contributed by atoms with Crippen LogP contribution in [-0.4, -0.2) is 29.6 Å². The van der Waals surface area contributed by atoms with Crippen molar-refractivity contribution in [2.45, 2.75) is 30.6 Å². The Morgan fingerprint density at radius 2 is 1.96 bits per heavy atom. The number of Topliss-reactive ketones (excluding diaryl/α,β-unsaturated/α-hetero) is 1. The first kappa shape index (κ1) is 17.5. The number of aromatic nitrogens is 1. The fourth-order valence-corrected chi connectivity index (χ4v) is 4.40. The average Bonchev–Trinajstić information content (AvgIpc) is 2.86. The number of halogens is 1. The summed E-state index contributed by atoms with van der Waals surface area (Å²) in [6.45, 7) is 2.03. The molecule has 1 aromatic heterocycles. The molecule has 1 aliphatic heterocycles. The second-order valence-corrected chi connectivity index (χ2v) is 7.39. The highest BCUT2D eigenvalue weighted by molar-refractivity contribution is 7.99. The lowest BCUT2D eigenvalue weighted by Gasteiger charge is -2.13. The first-order valence-electron chi connectivity index (χ1n) is 8.32. The zero-order valence-electron chi connectivity index (χ0n) is 13.6. The Hall–Kier alpha value is -1.36. The molecular formula is C19H21ClN2OS. The van der Waals surface area contributed by atoms with Gasteiger partial charge in [-0.3, -0.25) is 9.78 Å². The maximum absolute atomic E-state index is 12.1. The Labute approximate surface area is 152 Å². The molecule has 0 spiro atoms. The largest absolute Gasteiger partial charge is 0.316 e. The van der Waals surface area contributed by atoms with Crippen LogP contribution in [-0.2, 0) is 12.8 Å². The van der Waals surface area contributed by atoms with Gasteiger partial charge in [0.1, 0.15) is 0 Å². The van der Waals surface area contributed by atoms with Gasteiger partial charge >= 0.3 is 0 Å². The van der Waals surface area contributed by atoms with Gasteiger partial charge in [-0.1, -0.05) is 17.7 Å². The smallest absolute Gasteiger partial charge is 0.163 e. The SMILES string of the molecule is O=C(CCCSc1c(Cl)ccc2c1CCNCC2)c1ccncc1. The van der Waals surface area contributed by atoms with Gasteiger partial charge in [0.15, 0.2) is 5.78 Å². The van der Waals surface area contributed by atoms with Crippen molar-refractivity contribution < 1.29 is 4.79 Å². The molecule has 3 nitrogen and oxygen atoms in total. The van der Waals surface area contributed by atoms with Crippen LogP contribution in [0.1, 0.15) is 34.3 Å². The lowest BCUT2D eigenvalue weighted by atomic mass is 10.0. The van der Waals surface area contributed by atoms with Crippen molar-refractivity contribution in [1.29, 1.82) is 0 Å². The van der Waals surface area contributed by atoms with E-state index < -0.39 is 0 Å². The summed E-state index contributed by atoms with van der Waals surface area (Å²) in [6, 6.07) is 7.71. The van der Waals surface area contributed by atoms with Crippen LogP contribution >= 0.6 is 23.4 Å². The molecule has 0 aliphatic carbocycles. The Morgan fingerprint density at radius 1 is 1.17 bits per heavy atom. The number of fused-ring (bicyclic) bond motifs is 1. The third-order valence-corrected chi connectivity index (χ3v) is 5.90. The molecular weight excluding hydrogens is 340 g/mol. The van der Waals surface area contributed by atoms with Crippen LogP contribution in [0, 0.1) is 0 Å². The van der Waals surface area contributed by atoms with Gasteiger partial charge in [0.2, 0.25) is 0 Å². The normalized spacial score (nSPS) is 14.0. The number of nitrogens with one attached hydrogen (secondary N) is 1. The zero-order valence-corrected chi connectivity index (χ0v) is 15.1. The van der Waals surface area contributed by atoms with Crippen LogP contribution in [0.5, 0.6) is 0 Å². The average molecular weight is 361 g/mol. The molecule has 0 atom stereocenters. The topological polar surface area (TPSA) is 42.0 Å². The molecule has 2 heterocycles. The zero-order chi connectivity index (χ0) is 16.8. The number of thioether (sulfide) groups is 1. The van der Waals surface area contributed by atoms with Gasteiger partial charge in [-0.15, -0.1) is 11.8 Å². The van der Waals surface area contributed by atoms with Crippen molar-refractivity contribution in [2.75, 3.05) is 18.8 Å². The van der Waals surface area contributed by atoms with Crippen molar-refractivity contribution in [3.63, 3.8) is 0 Å². The van der Waals surface area contributed by atoms with E-state index in [0.717, 1.165) is 48.7 Å². The van der Waals surface area contributed by atoms with E-state index in [-0.39, 0.29) is 5.78 Å². The van der Waals surface area contributed by atoms with Crippen molar-refractivity contribution in [2.24, 2.45) is 0 Å². The van der Waals surface area contributed by atoms with Gasteiger partial charge in [0, 0.05) is 29.3 Å². The van der Waals surface area contributed by atoms with E-state index in [0.29, 0.717) is 6.42 Å². The van der Waals surface area contributed by atoms with Gasteiger partial charge in [-0.05, 0) is 67.4 Å². The lowest BCUT2D eigenvalue weighted by Crippen LogP contribution is -2.16. The molecule has 0 unspecified atom stereocenters. The van der Waals surface area contributed by atoms with E-state index >= 15 is 0 Å². The van der Waals surface area contributed by atoms with Gasteiger partial charge in [-0.25, -0.2) is 0 Å². The van der Waals surface area contributed by atoms with E-state index in [4.69, 9.17) is 11.6 Å². The highest BCUT2D eigenvalue weighted by Crippen LogP contribution is 2.34. The highest BCUT2D eigenvalue weighted by atomic mass is 35.5. The second-order valence-electron chi connectivity index (χ2n) is 5.88. The molecule has 126 valence electrons.